The lowest BCUT2D eigenvalue weighted by Gasteiger charge is -2.12. The standard InChI is InChI=1S/C14H7F5O2/c15-10-5-4-7(6-9(10)14(17,18)19)8-2-1-3-11(16)12(8)13(20)21/h1-6H,(H,20,21). The Morgan fingerprint density at radius 1 is 1.00 bits per heavy atom. The van der Waals surface area contributed by atoms with Gasteiger partial charge < -0.3 is 5.11 Å². The van der Waals surface area contributed by atoms with E-state index in [1.165, 1.54) is 0 Å². The summed E-state index contributed by atoms with van der Waals surface area (Å²) < 4.78 is 64.7. The molecule has 2 aromatic carbocycles. The number of benzene rings is 2. The average molecular weight is 302 g/mol. The normalized spacial score (nSPS) is 11.5. The first-order valence-electron chi connectivity index (χ1n) is 5.60. The third-order valence-corrected chi connectivity index (χ3v) is 2.81. The van der Waals surface area contributed by atoms with Crippen molar-refractivity contribution in [3.63, 3.8) is 0 Å². The summed E-state index contributed by atoms with van der Waals surface area (Å²) in [5.41, 5.74) is -2.80. The molecular formula is C14H7F5O2. The van der Waals surface area contributed by atoms with Gasteiger partial charge in [-0.1, -0.05) is 18.2 Å². The Kier molecular flexibility index (Phi) is 3.67. The fourth-order valence-corrected chi connectivity index (χ4v) is 1.89. The van der Waals surface area contributed by atoms with Crippen molar-refractivity contribution in [3.8, 4) is 11.1 Å². The first kappa shape index (κ1) is 15.0. The van der Waals surface area contributed by atoms with Gasteiger partial charge in [-0.25, -0.2) is 13.6 Å². The first-order valence-corrected chi connectivity index (χ1v) is 5.60. The van der Waals surface area contributed by atoms with Crippen molar-refractivity contribution in [2.24, 2.45) is 0 Å². The van der Waals surface area contributed by atoms with Gasteiger partial charge in [-0.05, 0) is 29.3 Å². The fraction of sp³-hybridized carbons (Fsp3) is 0.0714. The van der Waals surface area contributed by atoms with Gasteiger partial charge in [-0.2, -0.15) is 13.2 Å². The number of hydrogen-bond donors (Lipinski definition) is 1. The Bertz CT molecular complexity index is 707. The SMILES string of the molecule is O=C(O)c1c(F)cccc1-c1ccc(F)c(C(F)(F)F)c1. The topological polar surface area (TPSA) is 37.3 Å². The van der Waals surface area contributed by atoms with E-state index >= 15 is 0 Å². The summed E-state index contributed by atoms with van der Waals surface area (Å²) in [4.78, 5) is 11.0. The van der Waals surface area contributed by atoms with Crippen molar-refractivity contribution in [3.05, 3.63) is 59.2 Å². The van der Waals surface area contributed by atoms with E-state index in [0.717, 1.165) is 24.3 Å². The third-order valence-electron chi connectivity index (χ3n) is 2.81. The molecule has 0 bridgehead atoms. The largest absolute Gasteiger partial charge is 0.478 e. The Labute approximate surface area is 115 Å². The summed E-state index contributed by atoms with van der Waals surface area (Å²) in [5.74, 6) is -4.20. The molecule has 0 aliphatic rings. The monoisotopic (exact) mass is 302 g/mol. The van der Waals surface area contributed by atoms with Crippen LogP contribution < -0.4 is 0 Å². The predicted molar refractivity (Wildman–Crippen MR) is 63.8 cm³/mol. The Hall–Kier alpha value is -2.44. The van der Waals surface area contributed by atoms with E-state index in [1.807, 2.05) is 0 Å². The molecule has 0 aromatic heterocycles. The van der Waals surface area contributed by atoms with Crippen molar-refractivity contribution >= 4 is 5.97 Å². The van der Waals surface area contributed by atoms with Crippen LogP contribution in [-0.4, -0.2) is 11.1 Å². The first-order chi connectivity index (χ1) is 9.71. The molecule has 110 valence electrons. The van der Waals surface area contributed by atoms with Crippen LogP contribution in [0.15, 0.2) is 36.4 Å². The molecule has 0 atom stereocenters. The molecule has 7 heteroatoms. The molecule has 0 heterocycles. The third kappa shape index (κ3) is 2.86. The molecule has 0 fully saturated rings. The number of halogens is 5. The van der Waals surface area contributed by atoms with E-state index in [4.69, 9.17) is 5.11 Å². The minimum absolute atomic E-state index is 0.236. The van der Waals surface area contributed by atoms with E-state index in [2.05, 4.69) is 0 Å². The van der Waals surface area contributed by atoms with Crippen molar-refractivity contribution in [1.29, 1.82) is 0 Å². The van der Waals surface area contributed by atoms with Gasteiger partial charge in [0.2, 0.25) is 0 Å². The lowest BCUT2D eigenvalue weighted by Crippen LogP contribution is -2.09. The van der Waals surface area contributed by atoms with E-state index in [-0.39, 0.29) is 11.1 Å². The number of hydrogen-bond acceptors (Lipinski definition) is 1. The van der Waals surface area contributed by atoms with Gasteiger partial charge in [0.15, 0.2) is 0 Å². The predicted octanol–water partition coefficient (Wildman–Crippen LogP) is 4.35. The number of carboxylic acids is 1. The summed E-state index contributed by atoms with van der Waals surface area (Å²) in [6.45, 7) is 0. The summed E-state index contributed by atoms with van der Waals surface area (Å²) in [6.07, 6.45) is -4.93. The zero-order valence-corrected chi connectivity index (χ0v) is 10.2. The van der Waals surface area contributed by atoms with Gasteiger partial charge in [-0.15, -0.1) is 0 Å². The van der Waals surface area contributed by atoms with Crippen LogP contribution in [0, 0.1) is 11.6 Å². The summed E-state index contributed by atoms with van der Waals surface area (Å²) in [7, 11) is 0. The lowest BCUT2D eigenvalue weighted by atomic mass is 9.97. The number of alkyl halides is 3. The maximum Gasteiger partial charge on any atom is 0.419 e. The summed E-state index contributed by atoms with van der Waals surface area (Å²) in [6, 6.07) is 5.17. The van der Waals surface area contributed by atoms with Crippen LogP contribution in [0.2, 0.25) is 0 Å². The van der Waals surface area contributed by atoms with Crippen LogP contribution in [0.4, 0.5) is 22.0 Å². The highest BCUT2D eigenvalue weighted by Gasteiger charge is 2.34. The molecule has 0 aliphatic carbocycles. The number of carbonyl (C=O) groups is 1. The van der Waals surface area contributed by atoms with E-state index in [9.17, 15) is 26.7 Å². The second-order valence-corrected chi connectivity index (χ2v) is 4.16. The Balaban J connectivity index is 2.69. The molecule has 0 aliphatic heterocycles. The van der Waals surface area contributed by atoms with E-state index < -0.39 is 34.9 Å². The van der Waals surface area contributed by atoms with Crippen molar-refractivity contribution in [1.82, 2.24) is 0 Å². The molecule has 0 amide bonds. The molecule has 2 rings (SSSR count). The lowest BCUT2D eigenvalue weighted by molar-refractivity contribution is -0.139. The van der Waals surface area contributed by atoms with Crippen molar-refractivity contribution < 1.29 is 31.9 Å². The van der Waals surface area contributed by atoms with E-state index in [1.54, 1.807) is 0 Å². The highest BCUT2D eigenvalue weighted by Crippen LogP contribution is 2.35. The second-order valence-electron chi connectivity index (χ2n) is 4.16. The molecule has 0 spiro atoms. The van der Waals surface area contributed by atoms with E-state index in [0.29, 0.717) is 12.1 Å². The van der Waals surface area contributed by atoms with Gasteiger partial charge in [0.25, 0.3) is 0 Å². The van der Waals surface area contributed by atoms with Crippen LogP contribution in [0.25, 0.3) is 11.1 Å². The minimum Gasteiger partial charge on any atom is -0.478 e. The molecule has 0 radical (unpaired) electrons. The molecular weight excluding hydrogens is 295 g/mol. The fourth-order valence-electron chi connectivity index (χ4n) is 1.89. The zero-order valence-electron chi connectivity index (χ0n) is 10.2. The second kappa shape index (κ2) is 5.16. The minimum atomic E-state index is -4.93. The zero-order chi connectivity index (χ0) is 15.8. The van der Waals surface area contributed by atoms with Crippen LogP contribution in [0.1, 0.15) is 15.9 Å². The molecule has 21 heavy (non-hydrogen) atoms. The number of aromatic carboxylic acids is 1. The Morgan fingerprint density at radius 2 is 1.67 bits per heavy atom. The average Bonchev–Trinajstić information content (AvgIpc) is 2.37. The van der Waals surface area contributed by atoms with Crippen molar-refractivity contribution in [2.75, 3.05) is 0 Å². The Morgan fingerprint density at radius 3 is 2.24 bits per heavy atom. The summed E-state index contributed by atoms with van der Waals surface area (Å²) >= 11 is 0. The van der Waals surface area contributed by atoms with Crippen molar-refractivity contribution in [2.45, 2.75) is 6.18 Å². The maximum absolute atomic E-state index is 13.5. The van der Waals surface area contributed by atoms with Crippen LogP contribution >= 0.6 is 0 Å². The molecule has 2 aromatic rings. The van der Waals surface area contributed by atoms with Crippen LogP contribution in [0.3, 0.4) is 0 Å². The summed E-state index contributed by atoms with van der Waals surface area (Å²) in [5, 5.41) is 8.96. The smallest absolute Gasteiger partial charge is 0.419 e. The van der Waals surface area contributed by atoms with Gasteiger partial charge in [0.1, 0.15) is 17.2 Å². The van der Waals surface area contributed by atoms with Gasteiger partial charge >= 0.3 is 12.1 Å². The number of carboxylic acid groups (broad SMARTS) is 1. The number of rotatable bonds is 2. The molecule has 0 saturated heterocycles. The molecule has 2 nitrogen and oxygen atoms in total. The molecule has 0 unspecified atom stereocenters. The highest BCUT2D eigenvalue weighted by atomic mass is 19.4. The maximum atomic E-state index is 13.5. The quantitative estimate of drug-likeness (QED) is 0.837. The molecule has 0 saturated carbocycles. The van der Waals surface area contributed by atoms with Gasteiger partial charge in [0.05, 0.1) is 5.56 Å². The van der Waals surface area contributed by atoms with Gasteiger partial charge in [-0.3, -0.25) is 0 Å². The van der Waals surface area contributed by atoms with Crippen LogP contribution in [0.5, 0.6) is 0 Å². The highest BCUT2D eigenvalue weighted by molar-refractivity contribution is 5.96. The van der Waals surface area contributed by atoms with Crippen LogP contribution in [-0.2, 0) is 6.18 Å². The van der Waals surface area contributed by atoms with Gasteiger partial charge in [0, 0.05) is 0 Å². The molecule has 1 N–H and O–H groups in total.